The molecule has 1 heterocycles. The molecule has 0 unspecified atom stereocenters. The first-order valence-electron chi connectivity index (χ1n) is 9.27. The molecule has 0 aliphatic carbocycles. The fraction of sp³-hybridized carbons (Fsp3) is 0.364. The average molecular weight is 350 g/mol. The summed E-state index contributed by atoms with van der Waals surface area (Å²) in [5.41, 5.74) is 4.96. The van der Waals surface area contributed by atoms with Crippen LogP contribution in [0.1, 0.15) is 46.8 Å². The molecule has 0 aromatic heterocycles. The second kappa shape index (κ2) is 7.73. The van der Waals surface area contributed by atoms with Gasteiger partial charge in [-0.15, -0.1) is 0 Å². The maximum absolute atomic E-state index is 12.9. The fourth-order valence-electron chi connectivity index (χ4n) is 3.38. The Morgan fingerprint density at radius 2 is 1.81 bits per heavy atom. The first kappa shape index (κ1) is 18.2. The Bertz CT molecular complexity index is 811. The van der Waals surface area contributed by atoms with Gasteiger partial charge in [0, 0.05) is 17.8 Å². The van der Waals surface area contributed by atoms with Crippen LogP contribution in [0.15, 0.2) is 42.5 Å². The highest BCUT2D eigenvalue weighted by molar-refractivity contribution is 6.01. The van der Waals surface area contributed by atoms with E-state index in [-0.39, 0.29) is 11.8 Å². The minimum absolute atomic E-state index is 0.0645. The van der Waals surface area contributed by atoms with Crippen molar-refractivity contribution in [2.45, 2.75) is 46.1 Å². The van der Waals surface area contributed by atoms with Gasteiger partial charge in [0.25, 0.3) is 5.91 Å². The number of amides is 2. The zero-order valence-corrected chi connectivity index (χ0v) is 15.7. The van der Waals surface area contributed by atoms with Gasteiger partial charge in [-0.05, 0) is 74.1 Å². The SMILES string of the molecule is CCc1ccc(C(=O)N2CCC[C@@H]2C(=O)Nc2ccc(C)c(C)c2)cc1. The summed E-state index contributed by atoms with van der Waals surface area (Å²) in [6.45, 7) is 6.78. The number of hydrogen-bond acceptors (Lipinski definition) is 2. The van der Waals surface area contributed by atoms with Crippen LogP contribution in [0.2, 0.25) is 0 Å². The normalized spacial score (nSPS) is 16.6. The van der Waals surface area contributed by atoms with Crippen LogP contribution in [-0.4, -0.2) is 29.3 Å². The number of benzene rings is 2. The van der Waals surface area contributed by atoms with Crippen molar-refractivity contribution in [3.63, 3.8) is 0 Å². The van der Waals surface area contributed by atoms with Crippen LogP contribution in [0, 0.1) is 13.8 Å². The molecule has 4 nitrogen and oxygen atoms in total. The molecular formula is C22H26N2O2. The number of carbonyl (C=O) groups excluding carboxylic acids is 2. The van der Waals surface area contributed by atoms with Gasteiger partial charge in [0.2, 0.25) is 5.91 Å². The van der Waals surface area contributed by atoms with Gasteiger partial charge in [-0.25, -0.2) is 0 Å². The molecule has 0 spiro atoms. The Balaban J connectivity index is 1.72. The van der Waals surface area contributed by atoms with Crippen molar-refractivity contribution >= 4 is 17.5 Å². The molecule has 2 aromatic carbocycles. The Hall–Kier alpha value is -2.62. The standard InChI is InChI=1S/C22H26N2O2/c1-4-17-8-10-18(11-9-17)22(26)24-13-5-6-20(24)21(25)23-19-12-7-15(2)16(3)14-19/h7-12,14,20H,4-6,13H2,1-3H3,(H,23,25)/t20-/m1/s1. The Labute approximate surface area is 155 Å². The van der Waals surface area contributed by atoms with Gasteiger partial charge in [-0.3, -0.25) is 9.59 Å². The van der Waals surface area contributed by atoms with Crippen LogP contribution >= 0.6 is 0 Å². The van der Waals surface area contributed by atoms with Crippen molar-refractivity contribution in [1.82, 2.24) is 4.90 Å². The second-order valence-electron chi connectivity index (χ2n) is 7.00. The summed E-state index contributed by atoms with van der Waals surface area (Å²) in [7, 11) is 0. The molecule has 0 saturated carbocycles. The summed E-state index contributed by atoms with van der Waals surface area (Å²) in [4.78, 5) is 27.3. The Morgan fingerprint density at radius 1 is 1.08 bits per heavy atom. The van der Waals surface area contributed by atoms with Gasteiger partial charge in [-0.1, -0.05) is 25.1 Å². The van der Waals surface area contributed by atoms with E-state index in [0.717, 1.165) is 24.1 Å². The largest absolute Gasteiger partial charge is 0.327 e. The van der Waals surface area contributed by atoms with Crippen LogP contribution < -0.4 is 5.32 Å². The molecule has 1 saturated heterocycles. The van der Waals surface area contributed by atoms with Gasteiger partial charge in [0.15, 0.2) is 0 Å². The quantitative estimate of drug-likeness (QED) is 0.902. The van der Waals surface area contributed by atoms with Crippen LogP contribution in [0.3, 0.4) is 0 Å². The molecule has 1 aliphatic rings. The maximum atomic E-state index is 12.9. The van der Waals surface area contributed by atoms with E-state index in [1.165, 1.54) is 11.1 Å². The summed E-state index contributed by atoms with van der Waals surface area (Å²) in [6, 6.07) is 13.1. The molecule has 26 heavy (non-hydrogen) atoms. The predicted molar refractivity (Wildman–Crippen MR) is 104 cm³/mol. The molecule has 1 atom stereocenters. The van der Waals surface area contributed by atoms with E-state index in [4.69, 9.17) is 0 Å². The monoisotopic (exact) mass is 350 g/mol. The van der Waals surface area contributed by atoms with Crippen LogP contribution in [0.25, 0.3) is 0 Å². The van der Waals surface area contributed by atoms with E-state index in [1.54, 1.807) is 4.90 Å². The van der Waals surface area contributed by atoms with E-state index < -0.39 is 6.04 Å². The van der Waals surface area contributed by atoms with Gasteiger partial charge in [0.1, 0.15) is 6.04 Å². The number of nitrogens with one attached hydrogen (secondary N) is 1. The first-order chi connectivity index (χ1) is 12.5. The topological polar surface area (TPSA) is 49.4 Å². The lowest BCUT2D eigenvalue weighted by Gasteiger charge is -2.24. The van der Waals surface area contributed by atoms with Gasteiger partial charge in [0.05, 0.1) is 0 Å². The summed E-state index contributed by atoms with van der Waals surface area (Å²) >= 11 is 0. The van der Waals surface area contributed by atoms with E-state index >= 15 is 0 Å². The van der Waals surface area contributed by atoms with Gasteiger partial charge < -0.3 is 10.2 Å². The zero-order valence-electron chi connectivity index (χ0n) is 15.7. The average Bonchev–Trinajstić information content (AvgIpc) is 3.14. The maximum Gasteiger partial charge on any atom is 0.254 e. The van der Waals surface area contributed by atoms with E-state index in [0.29, 0.717) is 18.5 Å². The number of carbonyl (C=O) groups is 2. The summed E-state index contributed by atoms with van der Waals surface area (Å²) < 4.78 is 0. The third-order valence-electron chi connectivity index (χ3n) is 5.20. The summed E-state index contributed by atoms with van der Waals surface area (Å²) in [6.07, 6.45) is 2.50. The lowest BCUT2D eigenvalue weighted by Crippen LogP contribution is -2.43. The number of hydrogen-bond donors (Lipinski definition) is 1. The molecular weight excluding hydrogens is 324 g/mol. The molecule has 1 N–H and O–H groups in total. The number of likely N-dealkylation sites (tertiary alicyclic amines) is 1. The predicted octanol–water partition coefficient (Wildman–Crippen LogP) is 4.11. The number of nitrogens with zero attached hydrogens (tertiary/aromatic N) is 1. The smallest absolute Gasteiger partial charge is 0.254 e. The molecule has 2 aromatic rings. The summed E-state index contributed by atoms with van der Waals surface area (Å²) in [5.74, 6) is -0.172. The lowest BCUT2D eigenvalue weighted by atomic mass is 10.1. The molecule has 136 valence electrons. The van der Waals surface area contributed by atoms with Crippen LogP contribution in [0.4, 0.5) is 5.69 Å². The minimum Gasteiger partial charge on any atom is -0.327 e. The lowest BCUT2D eigenvalue weighted by molar-refractivity contribution is -0.119. The van der Waals surface area contributed by atoms with Crippen molar-refractivity contribution in [2.75, 3.05) is 11.9 Å². The molecule has 0 bridgehead atoms. The second-order valence-corrected chi connectivity index (χ2v) is 7.00. The van der Waals surface area contributed by atoms with E-state index in [1.807, 2.05) is 56.3 Å². The molecule has 1 aliphatic heterocycles. The first-order valence-corrected chi connectivity index (χ1v) is 9.27. The van der Waals surface area contributed by atoms with Crippen LogP contribution in [-0.2, 0) is 11.2 Å². The van der Waals surface area contributed by atoms with Crippen molar-refractivity contribution in [3.8, 4) is 0 Å². The number of rotatable bonds is 4. The van der Waals surface area contributed by atoms with Crippen LogP contribution in [0.5, 0.6) is 0 Å². The van der Waals surface area contributed by atoms with Crippen molar-refractivity contribution in [3.05, 3.63) is 64.7 Å². The third kappa shape index (κ3) is 3.79. The highest BCUT2D eigenvalue weighted by Gasteiger charge is 2.34. The van der Waals surface area contributed by atoms with E-state index in [9.17, 15) is 9.59 Å². The van der Waals surface area contributed by atoms with Crippen molar-refractivity contribution < 1.29 is 9.59 Å². The highest BCUT2D eigenvalue weighted by Crippen LogP contribution is 2.23. The molecule has 1 fully saturated rings. The summed E-state index contributed by atoms with van der Waals surface area (Å²) in [5, 5.41) is 2.97. The Morgan fingerprint density at radius 3 is 2.46 bits per heavy atom. The minimum atomic E-state index is -0.407. The Kier molecular flexibility index (Phi) is 5.40. The highest BCUT2D eigenvalue weighted by atomic mass is 16.2. The molecule has 0 radical (unpaired) electrons. The molecule has 2 amide bonds. The van der Waals surface area contributed by atoms with E-state index in [2.05, 4.69) is 12.2 Å². The van der Waals surface area contributed by atoms with Gasteiger partial charge in [-0.2, -0.15) is 0 Å². The fourth-order valence-corrected chi connectivity index (χ4v) is 3.38. The van der Waals surface area contributed by atoms with Gasteiger partial charge >= 0.3 is 0 Å². The number of anilines is 1. The number of aryl methyl sites for hydroxylation is 3. The molecule has 3 rings (SSSR count). The zero-order chi connectivity index (χ0) is 18.7. The van der Waals surface area contributed by atoms with Crippen molar-refractivity contribution in [1.29, 1.82) is 0 Å². The van der Waals surface area contributed by atoms with Crippen molar-refractivity contribution in [2.24, 2.45) is 0 Å². The third-order valence-corrected chi connectivity index (χ3v) is 5.20. The molecule has 4 heteroatoms.